The van der Waals surface area contributed by atoms with Gasteiger partial charge in [0.1, 0.15) is 5.52 Å². The Hall–Kier alpha value is -1.31. The van der Waals surface area contributed by atoms with Crippen LogP contribution in [0.15, 0.2) is 24.4 Å². The van der Waals surface area contributed by atoms with Gasteiger partial charge < -0.3 is 0 Å². The Morgan fingerprint density at radius 3 is 3.00 bits per heavy atom. The molecule has 0 spiro atoms. The van der Waals surface area contributed by atoms with Crippen LogP contribution in [0, 0.1) is 6.92 Å². The Morgan fingerprint density at radius 1 is 1.36 bits per heavy atom. The van der Waals surface area contributed by atoms with Crippen molar-refractivity contribution in [1.29, 1.82) is 0 Å². The molecule has 2 heteroatoms. The number of rotatable bonds is 0. The van der Waals surface area contributed by atoms with Crippen molar-refractivity contribution in [1.82, 2.24) is 5.10 Å². The molecule has 1 aromatic carbocycles. The quantitative estimate of drug-likeness (QED) is 0.542. The SMILES string of the molecule is Cc1ccc2c[n+](C)[nH]c2c1. The van der Waals surface area contributed by atoms with E-state index >= 15 is 0 Å². The van der Waals surface area contributed by atoms with Gasteiger partial charge in [0.05, 0.1) is 5.39 Å². The second-order valence-corrected chi connectivity index (χ2v) is 2.94. The largest absolute Gasteiger partial charge is 0.202 e. The van der Waals surface area contributed by atoms with Crippen molar-refractivity contribution < 1.29 is 4.68 Å². The molecule has 0 radical (unpaired) electrons. The zero-order valence-electron chi connectivity index (χ0n) is 6.76. The van der Waals surface area contributed by atoms with E-state index in [-0.39, 0.29) is 0 Å². The van der Waals surface area contributed by atoms with E-state index in [9.17, 15) is 0 Å². The minimum Gasteiger partial charge on any atom is -0.165 e. The summed E-state index contributed by atoms with van der Waals surface area (Å²) >= 11 is 0. The third-order valence-electron chi connectivity index (χ3n) is 1.84. The molecule has 2 nitrogen and oxygen atoms in total. The summed E-state index contributed by atoms with van der Waals surface area (Å²) in [5.41, 5.74) is 2.49. The van der Waals surface area contributed by atoms with E-state index in [4.69, 9.17) is 0 Å². The smallest absolute Gasteiger partial charge is 0.165 e. The van der Waals surface area contributed by atoms with Crippen LogP contribution in [0.1, 0.15) is 5.56 Å². The molecule has 0 aliphatic carbocycles. The number of aromatic amines is 1. The first kappa shape index (κ1) is 6.40. The van der Waals surface area contributed by atoms with Gasteiger partial charge in [-0.15, -0.1) is 4.68 Å². The summed E-state index contributed by atoms with van der Waals surface area (Å²) in [6, 6.07) is 6.40. The van der Waals surface area contributed by atoms with Crippen LogP contribution in [0.2, 0.25) is 0 Å². The van der Waals surface area contributed by atoms with E-state index < -0.39 is 0 Å². The van der Waals surface area contributed by atoms with Crippen LogP contribution >= 0.6 is 0 Å². The van der Waals surface area contributed by atoms with Crippen molar-refractivity contribution >= 4 is 10.9 Å². The average molecular weight is 147 g/mol. The summed E-state index contributed by atoms with van der Waals surface area (Å²) in [7, 11) is 2.00. The Bertz CT molecular complexity index is 387. The van der Waals surface area contributed by atoms with Crippen molar-refractivity contribution in [3.8, 4) is 0 Å². The summed E-state index contributed by atoms with van der Waals surface area (Å²) in [6.45, 7) is 2.10. The fourth-order valence-electron chi connectivity index (χ4n) is 1.31. The van der Waals surface area contributed by atoms with E-state index in [1.54, 1.807) is 0 Å². The number of benzene rings is 1. The first-order valence-corrected chi connectivity index (χ1v) is 3.71. The number of nitrogens with zero attached hydrogens (tertiary/aromatic N) is 1. The van der Waals surface area contributed by atoms with Crippen molar-refractivity contribution in [2.24, 2.45) is 7.05 Å². The predicted molar refractivity (Wildman–Crippen MR) is 44.2 cm³/mol. The summed E-state index contributed by atoms with van der Waals surface area (Å²) in [5.74, 6) is 0. The van der Waals surface area contributed by atoms with Crippen LogP contribution in [0.25, 0.3) is 10.9 Å². The lowest BCUT2D eigenvalue weighted by Crippen LogP contribution is -2.27. The lowest BCUT2D eigenvalue weighted by Gasteiger charge is -1.87. The van der Waals surface area contributed by atoms with Crippen LogP contribution in [-0.2, 0) is 7.05 Å². The lowest BCUT2D eigenvalue weighted by atomic mass is 10.2. The highest BCUT2D eigenvalue weighted by Crippen LogP contribution is 2.10. The normalized spacial score (nSPS) is 10.7. The molecule has 11 heavy (non-hydrogen) atoms. The molecule has 1 N–H and O–H groups in total. The van der Waals surface area contributed by atoms with Crippen LogP contribution in [-0.4, -0.2) is 5.10 Å². The van der Waals surface area contributed by atoms with Crippen LogP contribution in [0.3, 0.4) is 0 Å². The highest BCUT2D eigenvalue weighted by molar-refractivity contribution is 5.77. The number of nitrogens with one attached hydrogen (secondary N) is 1. The maximum absolute atomic E-state index is 3.22. The Labute approximate surface area is 65.5 Å². The van der Waals surface area contributed by atoms with Gasteiger partial charge in [-0.2, -0.15) is 5.10 Å². The molecular weight excluding hydrogens is 136 g/mol. The molecule has 2 aromatic rings. The van der Waals surface area contributed by atoms with Crippen molar-refractivity contribution in [2.45, 2.75) is 6.92 Å². The Kier molecular flexibility index (Phi) is 1.22. The van der Waals surface area contributed by atoms with Gasteiger partial charge in [-0.1, -0.05) is 6.07 Å². The molecule has 0 aliphatic heterocycles. The van der Waals surface area contributed by atoms with Gasteiger partial charge >= 0.3 is 0 Å². The number of fused-ring (bicyclic) bond motifs is 1. The highest BCUT2D eigenvalue weighted by Gasteiger charge is 2.01. The van der Waals surface area contributed by atoms with Gasteiger partial charge in [0.25, 0.3) is 0 Å². The Morgan fingerprint density at radius 2 is 2.18 bits per heavy atom. The van der Waals surface area contributed by atoms with Gasteiger partial charge in [0, 0.05) is 0 Å². The monoisotopic (exact) mass is 147 g/mol. The number of hydrogen-bond donors (Lipinski definition) is 1. The molecule has 0 bridgehead atoms. The molecule has 0 atom stereocenters. The topological polar surface area (TPSA) is 19.7 Å². The van der Waals surface area contributed by atoms with E-state index in [1.807, 2.05) is 11.7 Å². The van der Waals surface area contributed by atoms with Crippen molar-refractivity contribution in [3.05, 3.63) is 30.0 Å². The van der Waals surface area contributed by atoms with Gasteiger partial charge in [-0.05, 0) is 24.6 Å². The van der Waals surface area contributed by atoms with Crippen LogP contribution < -0.4 is 4.68 Å². The molecule has 0 saturated carbocycles. The van der Waals surface area contributed by atoms with Crippen molar-refractivity contribution in [3.63, 3.8) is 0 Å². The van der Waals surface area contributed by atoms with E-state index in [1.165, 1.54) is 16.5 Å². The highest BCUT2D eigenvalue weighted by atomic mass is 15.2. The predicted octanol–water partition coefficient (Wildman–Crippen LogP) is 1.30. The first-order valence-electron chi connectivity index (χ1n) is 3.71. The third-order valence-corrected chi connectivity index (χ3v) is 1.84. The van der Waals surface area contributed by atoms with E-state index in [2.05, 4.69) is 36.4 Å². The number of H-pyrrole nitrogens is 1. The van der Waals surface area contributed by atoms with Crippen LogP contribution in [0.4, 0.5) is 0 Å². The van der Waals surface area contributed by atoms with Crippen molar-refractivity contribution in [2.75, 3.05) is 0 Å². The zero-order valence-corrected chi connectivity index (χ0v) is 6.76. The summed E-state index contributed by atoms with van der Waals surface area (Å²) in [6.07, 6.45) is 2.08. The maximum atomic E-state index is 3.22. The lowest BCUT2D eigenvalue weighted by molar-refractivity contribution is -0.724. The summed E-state index contributed by atoms with van der Waals surface area (Å²) in [5, 5.41) is 4.48. The second kappa shape index (κ2) is 2.09. The zero-order chi connectivity index (χ0) is 7.84. The van der Waals surface area contributed by atoms with Crippen LogP contribution in [0.5, 0.6) is 0 Å². The molecule has 0 amide bonds. The molecule has 1 heterocycles. The van der Waals surface area contributed by atoms with Gasteiger partial charge in [0.15, 0.2) is 7.05 Å². The second-order valence-electron chi connectivity index (χ2n) is 2.94. The fourth-order valence-corrected chi connectivity index (χ4v) is 1.31. The van der Waals surface area contributed by atoms with Gasteiger partial charge in [0.2, 0.25) is 6.20 Å². The average Bonchev–Trinajstić information content (AvgIpc) is 2.27. The number of hydrogen-bond acceptors (Lipinski definition) is 0. The minimum atomic E-state index is 1.20. The molecule has 0 unspecified atom stereocenters. The molecule has 0 aliphatic rings. The molecule has 2 rings (SSSR count). The van der Waals surface area contributed by atoms with E-state index in [0.717, 1.165) is 0 Å². The molecular formula is C9H11N2+. The molecule has 1 aromatic heterocycles. The Balaban J connectivity index is 2.82. The van der Waals surface area contributed by atoms with E-state index in [0.29, 0.717) is 0 Å². The summed E-state index contributed by atoms with van der Waals surface area (Å²) in [4.78, 5) is 0. The third kappa shape index (κ3) is 1.00. The number of aromatic nitrogens is 2. The fraction of sp³-hybridized carbons (Fsp3) is 0.222. The first-order chi connectivity index (χ1) is 5.25. The maximum Gasteiger partial charge on any atom is 0.202 e. The molecule has 56 valence electrons. The molecule has 0 saturated heterocycles. The molecule has 0 fully saturated rings. The van der Waals surface area contributed by atoms with Gasteiger partial charge in [-0.25, -0.2) is 0 Å². The summed E-state index contributed by atoms with van der Waals surface area (Å²) < 4.78 is 1.96. The van der Waals surface area contributed by atoms with Gasteiger partial charge in [-0.3, -0.25) is 0 Å². The number of aryl methyl sites for hydroxylation is 2. The standard InChI is InChI=1S/C9H10N2/c1-7-3-4-8-6-11(2)10-9(8)5-7/h3-6H,1-2H3/p+1. The minimum absolute atomic E-state index is 1.20.